The molecule has 0 heterocycles. The first-order valence-corrected chi connectivity index (χ1v) is 16.6. The Balaban J connectivity index is 1.87. The summed E-state index contributed by atoms with van der Waals surface area (Å²) in [5.74, 6) is -1.29. The summed E-state index contributed by atoms with van der Waals surface area (Å²) in [4.78, 5) is 29.3. The van der Waals surface area contributed by atoms with Crippen molar-refractivity contribution >= 4 is 39.1 Å². The average molecular weight is 686 g/mol. The van der Waals surface area contributed by atoms with Gasteiger partial charge in [0.15, 0.2) is 0 Å². The van der Waals surface area contributed by atoms with E-state index >= 15 is 0 Å². The van der Waals surface area contributed by atoms with E-state index in [1.165, 1.54) is 29.2 Å². The molecule has 0 spiro atoms. The Morgan fingerprint density at radius 2 is 1.47 bits per heavy atom. The lowest BCUT2D eigenvalue weighted by atomic mass is 10.0. The predicted molar refractivity (Wildman–Crippen MR) is 176 cm³/mol. The summed E-state index contributed by atoms with van der Waals surface area (Å²) in [6.45, 7) is 4.39. The molecule has 0 aliphatic carbocycles. The van der Waals surface area contributed by atoms with E-state index < -0.39 is 51.9 Å². The smallest absolute Gasteiger partial charge is 0.352 e. The molecule has 0 saturated heterocycles. The van der Waals surface area contributed by atoms with E-state index in [4.69, 9.17) is 11.6 Å². The van der Waals surface area contributed by atoms with Gasteiger partial charge in [-0.3, -0.25) is 13.9 Å². The van der Waals surface area contributed by atoms with Crippen molar-refractivity contribution in [2.24, 2.45) is 0 Å². The third-order valence-corrected chi connectivity index (χ3v) is 9.38. The maximum absolute atomic E-state index is 14.5. The van der Waals surface area contributed by atoms with Crippen LogP contribution in [-0.2, 0) is 38.8 Å². The maximum atomic E-state index is 14.5. The molecule has 0 saturated carbocycles. The summed E-state index contributed by atoms with van der Waals surface area (Å²) in [7, 11) is -4.64. The monoisotopic (exact) mass is 685 g/mol. The molecule has 4 aromatic carbocycles. The van der Waals surface area contributed by atoms with Crippen molar-refractivity contribution in [3.8, 4) is 0 Å². The molecule has 0 fully saturated rings. The number of nitrogens with one attached hydrogen (secondary N) is 1. The van der Waals surface area contributed by atoms with Crippen LogP contribution in [0.1, 0.15) is 36.1 Å². The van der Waals surface area contributed by atoms with E-state index in [0.717, 1.165) is 23.3 Å². The Morgan fingerprint density at radius 3 is 2.06 bits per heavy atom. The highest BCUT2D eigenvalue weighted by Gasteiger charge is 2.37. The minimum atomic E-state index is -4.82. The summed E-state index contributed by atoms with van der Waals surface area (Å²) in [5.41, 5.74) is 0.634. The molecule has 2 amide bonds. The minimum Gasteiger partial charge on any atom is -0.352 e. The van der Waals surface area contributed by atoms with Crippen LogP contribution in [-0.4, -0.2) is 43.8 Å². The molecule has 1 N–H and O–H groups in total. The van der Waals surface area contributed by atoms with Crippen molar-refractivity contribution in [3.63, 3.8) is 0 Å². The maximum Gasteiger partial charge on any atom is 0.416 e. The SMILES string of the molecule is Cc1cccc(CN(C(=O)CN(c2cc(C(F)(F)F)ccc2Cl)S(=O)(=O)c2ccccc2)[C@@H](Cc2ccccc2)C(=O)NC(C)C)c1. The number of halogens is 4. The molecule has 0 unspecified atom stereocenters. The van der Waals surface area contributed by atoms with Gasteiger partial charge in [0.05, 0.1) is 21.2 Å². The Kier molecular flexibility index (Phi) is 11.4. The van der Waals surface area contributed by atoms with Crippen molar-refractivity contribution < 1.29 is 31.2 Å². The Bertz CT molecular complexity index is 1800. The lowest BCUT2D eigenvalue weighted by Crippen LogP contribution is -2.54. The molecule has 0 aromatic heterocycles. The number of nitrogens with zero attached hydrogens (tertiary/aromatic N) is 2. The van der Waals surface area contributed by atoms with Crippen LogP contribution in [0, 0.1) is 6.92 Å². The van der Waals surface area contributed by atoms with E-state index in [1.807, 2.05) is 25.1 Å². The van der Waals surface area contributed by atoms with Gasteiger partial charge in [0.1, 0.15) is 12.6 Å². The standard InChI is InChI=1S/C35H35ClF3N3O4S/c1-24(2)40-34(44)32(20-26-12-6-4-7-13-26)41(22-27-14-10-11-25(3)19-27)33(43)23-42(47(45,46)29-15-8-5-9-16-29)31-21-28(35(37,38)39)17-18-30(31)36/h4-19,21,24,32H,20,22-23H2,1-3H3,(H,40,44)/t32-/m0/s1. The quantitative estimate of drug-likeness (QED) is 0.174. The number of benzene rings is 4. The van der Waals surface area contributed by atoms with Gasteiger partial charge in [-0.1, -0.05) is 90.0 Å². The van der Waals surface area contributed by atoms with Crippen molar-refractivity contribution in [2.45, 2.75) is 56.9 Å². The number of carbonyl (C=O) groups is 2. The molecule has 7 nitrogen and oxygen atoms in total. The Labute approximate surface area is 278 Å². The third kappa shape index (κ3) is 9.14. The number of sulfonamides is 1. The molecule has 0 aliphatic heterocycles. The lowest BCUT2D eigenvalue weighted by Gasteiger charge is -2.34. The number of amides is 2. The Hall–Kier alpha value is -4.35. The highest BCUT2D eigenvalue weighted by atomic mass is 35.5. The number of anilines is 1. The average Bonchev–Trinajstić information content (AvgIpc) is 3.02. The van der Waals surface area contributed by atoms with Gasteiger partial charge in [-0.25, -0.2) is 8.42 Å². The number of hydrogen-bond donors (Lipinski definition) is 1. The first-order chi connectivity index (χ1) is 22.2. The second-order valence-corrected chi connectivity index (χ2v) is 13.6. The van der Waals surface area contributed by atoms with E-state index in [-0.39, 0.29) is 28.9 Å². The van der Waals surface area contributed by atoms with Gasteiger partial charge in [-0.15, -0.1) is 0 Å². The second-order valence-electron chi connectivity index (χ2n) is 11.4. The fourth-order valence-corrected chi connectivity index (χ4v) is 6.77. The molecule has 248 valence electrons. The summed E-state index contributed by atoms with van der Waals surface area (Å²) >= 11 is 6.36. The van der Waals surface area contributed by atoms with Crippen molar-refractivity contribution in [3.05, 3.63) is 130 Å². The second kappa shape index (κ2) is 15.0. The zero-order valence-electron chi connectivity index (χ0n) is 26.0. The zero-order valence-corrected chi connectivity index (χ0v) is 27.6. The third-order valence-electron chi connectivity index (χ3n) is 7.29. The minimum absolute atomic E-state index is 0.0842. The van der Waals surface area contributed by atoms with Gasteiger partial charge in [-0.05, 0) is 62.2 Å². The van der Waals surface area contributed by atoms with Gasteiger partial charge in [0, 0.05) is 19.0 Å². The lowest BCUT2D eigenvalue weighted by molar-refractivity contribution is -0.140. The van der Waals surface area contributed by atoms with Crippen LogP contribution in [0.15, 0.2) is 108 Å². The fourth-order valence-electron chi connectivity index (χ4n) is 5.05. The molecular formula is C35H35ClF3N3O4S. The van der Waals surface area contributed by atoms with Gasteiger partial charge < -0.3 is 10.2 Å². The van der Waals surface area contributed by atoms with Gasteiger partial charge >= 0.3 is 6.18 Å². The van der Waals surface area contributed by atoms with Crippen molar-refractivity contribution in [1.82, 2.24) is 10.2 Å². The fraction of sp³-hybridized carbons (Fsp3) is 0.257. The molecule has 47 heavy (non-hydrogen) atoms. The molecule has 0 aliphatic rings. The van der Waals surface area contributed by atoms with Gasteiger partial charge in [0.2, 0.25) is 11.8 Å². The largest absolute Gasteiger partial charge is 0.416 e. The van der Waals surface area contributed by atoms with Crippen LogP contribution in [0.3, 0.4) is 0 Å². The summed E-state index contributed by atoms with van der Waals surface area (Å²) in [6, 6.07) is 24.2. The van der Waals surface area contributed by atoms with E-state index in [9.17, 15) is 31.2 Å². The number of alkyl halides is 3. The molecule has 4 aromatic rings. The van der Waals surface area contributed by atoms with E-state index in [0.29, 0.717) is 15.9 Å². The molecule has 12 heteroatoms. The summed E-state index contributed by atoms with van der Waals surface area (Å²) < 4.78 is 70.2. The van der Waals surface area contributed by atoms with Gasteiger partial charge in [0.25, 0.3) is 10.0 Å². The highest BCUT2D eigenvalue weighted by Crippen LogP contribution is 2.37. The van der Waals surface area contributed by atoms with Crippen LogP contribution in [0.4, 0.5) is 18.9 Å². The number of aryl methyl sites for hydroxylation is 1. The molecule has 1 atom stereocenters. The Morgan fingerprint density at radius 1 is 0.851 bits per heavy atom. The van der Waals surface area contributed by atoms with E-state index in [1.54, 1.807) is 56.3 Å². The van der Waals surface area contributed by atoms with Crippen molar-refractivity contribution in [2.75, 3.05) is 10.8 Å². The van der Waals surface area contributed by atoms with Crippen LogP contribution < -0.4 is 9.62 Å². The molecule has 4 rings (SSSR count). The summed E-state index contributed by atoms with van der Waals surface area (Å²) in [5, 5.41) is 2.55. The first kappa shape index (κ1) is 35.5. The summed E-state index contributed by atoms with van der Waals surface area (Å²) in [6.07, 6.45) is -4.73. The van der Waals surface area contributed by atoms with Crippen LogP contribution in [0.5, 0.6) is 0 Å². The molecular weight excluding hydrogens is 651 g/mol. The normalized spacial score (nSPS) is 12.4. The predicted octanol–water partition coefficient (Wildman–Crippen LogP) is 7.03. The zero-order chi connectivity index (χ0) is 34.4. The number of rotatable bonds is 12. The van der Waals surface area contributed by atoms with E-state index in [2.05, 4.69) is 5.32 Å². The van der Waals surface area contributed by atoms with Crippen LogP contribution >= 0.6 is 11.6 Å². The molecule has 0 bridgehead atoms. The van der Waals surface area contributed by atoms with Crippen LogP contribution in [0.25, 0.3) is 0 Å². The number of hydrogen-bond acceptors (Lipinski definition) is 4. The topological polar surface area (TPSA) is 86.8 Å². The first-order valence-electron chi connectivity index (χ1n) is 14.8. The number of carbonyl (C=O) groups excluding carboxylic acids is 2. The van der Waals surface area contributed by atoms with Crippen LogP contribution in [0.2, 0.25) is 5.02 Å². The van der Waals surface area contributed by atoms with Crippen molar-refractivity contribution in [1.29, 1.82) is 0 Å². The highest BCUT2D eigenvalue weighted by molar-refractivity contribution is 7.92. The molecule has 0 radical (unpaired) electrons. The van der Waals surface area contributed by atoms with Gasteiger partial charge in [-0.2, -0.15) is 13.2 Å².